The average Bonchev–Trinajstić information content (AvgIpc) is 1.91. The van der Waals surface area contributed by atoms with Crippen LogP contribution in [0.25, 0.3) is 0 Å². The van der Waals surface area contributed by atoms with Crippen LogP contribution in [0.2, 0.25) is 0 Å². The van der Waals surface area contributed by atoms with Crippen molar-refractivity contribution in [3.63, 3.8) is 0 Å². The van der Waals surface area contributed by atoms with Gasteiger partial charge in [0.05, 0.1) is 0 Å². The van der Waals surface area contributed by atoms with Crippen LogP contribution in [0.3, 0.4) is 0 Å². The molecule has 0 saturated carbocycles. The molecule has 9 heavy (non-hydrogen) atoms. The third kappa shape index (κ3) is 1.70. The lowest BCUT2D eigenvalue weighted by molar-refractivity contribution is -0.367. The van der Waals surface area contributed by atoms with Crippen molar-refractivity contribution in [1.82, 2.24) is 0 Å². The Kier molecular flexibility index (Phi) is 2.04. The van der Waals surface area contributed by atoms with Gasteiger partial charge in [-0.05, 0) is 16.7 Å². The predicted octanol–water partition coefficient (Wildman–Crippen LogP) is 1.88. The van der Waals surface area contributed by atoms with Gasteiger partial charge in [-0.15, -0.1) is 0 Å². The summed E-state index contributed by atoms with van der Waals surface area (Å²) in [5.74, 6) is 0.347. The van der Waals surface area contributed by atoms with Crippen molar-refractivity contribution in [2.45, 2.75) is 0 Å². The molecule has 1 aromatic rings. The molecule has 0 bridgehead atoms. The standard InChI is InChI=1S/C6H5FO2/c7-9-8-6-4-2-1-3-5-6/h1-5H. The zero-order valence-corrected chi connectivity index (χ0v) is 4.58. The minimum Gasteiger partial charge on any atom is -0.304 e. The molecule has 0 aromatic heterocycles. The van der Waals surface area contributed by atoms with Crippen molar-refractivity contribution in [3.05, 3.63) is 30.3 Å². The van der Waals surface area contributed by atoms with Gasteiger partial charge in [-0.25, -0.2) is 0 Å². The maximum atomic E-state index is 11.0. The molecule has 0 heterocycles. The Morgan fingerprint density at radius 2 is 1.78 bits per heavy atom. The Hall–Kier alpha value is -1.09. The van der Waals surface area contributed by atoms with Crippen LogP contribution in [0.5, 0.6) is 5.75 Å². The zero-order valence-electron chi connectivity index (χ0n) is 4.58. The summed E-state index contributed by atoms with van der Waals surface area (Å²) in [6.45, 7) is 0. The molecule has 0 aliphatic rings. The van der Waals surface area contributed by atoms with Gasteiger partial charge >= 0.3 is 0 Å². The van der Waals surface area contributed by atoms with Crippen molar-refractivity contribution >= 4 is 0 Å². The molecule has 0 spiro atoms. The number of halogens is 1. The summed E-state index contributed by atoms with van der Waals surface area (Å²) >= 11 is 0. The molecule has 0 radical (unpaired) electrons. The highest BCUT2D eigenvalue weighted by Gasteiger charge is 1.87. The van der Waals surface area contributed by atoms with E-state index in [-0.39, 0.29) is 0 Å². The minimum absolute atomic E-state index is 0.347. The minimum atomic E-state index is 0.347. The number of rotatable bonds is 2. The van der Waals surface area contributed by atoms with Gasteiger partial charge in [-0.3, -0.25) is 0 Å². The molecule has 48 valence electrons. The highest BCUT2D eigenvalue weighted by atomic mass is 19.3. The van der Waals surface area contributed by atoms with Crippen molar-refractivity contribution in [2.75, 3.05) is 0 Å². The highest BCUT2D eigenvalue weighted by Crippen LogP contribution is 2.07. The Morgan fingerprint density at radius 1 is 1.11 bits per heavy atom. The lowest BCUT2D eigenvalue weighted by Gasteiger charge is -1.92. The first-order chi connectivity index (χ1) is 4.43. The predicted molar refractivity (Wildman–Crippen MR) is 29.3 cm³/mol. The maximum absolute atomic E-state index is 11.0. The summed E-state index contributed by atoms with van der Waals surface area (Å²) in [4.78, 5) is 4.04. The average molecular weight is 128 g/mol. The van der Waals surface area contributed by atoms with E-state index < -0.39 is 0 Å². The van der Waals surface area contributed by atoms with Crippen LogP contribution in [0.1, 0.15) is 0 Å². The summed E-state index contributed by atoms with van der Waals surface area (Å²) in [5, 5.41) is 2.93. The lowest BCUT2D eigenvalue weighted by Crippen LogP contribution is -1.84. The molecule has 3 heteroatoms. The van der Waals surface area contributed by atoms with Gasteiger partial charge in [-0.1, -0.05) is 18.2 Å². The molecule has 0 aliphatic heterocycles. The molecule has 0 fully saturated rings. The van der Waals surface area contributed by atoms with E-state index in [1.165, 1.54) is 0 Å². The third-order valence-corrected chi connectivity index (χ3v) is 0.871. The van der Waals surface area contributed by atoms with Crippen LogP contribution in [0.15, 0.2) is 30.3 Å². The van der Waals surface area contributed by atoms with Crippen molar-refractivity contribution in [1.29, 1.82) is 0 Å². The fourth-order valence-corrected chi connectivity index (χ4v) is 0.512. The zero-order chi connectivity index (χ0) is 6.53. The van der Waals surface area contributed by atoms with Gasteiger partial charge in [0.2, 0.25) is 0 Å². The van der Waals surface area contributed by atoms with Gasteiger partial charge in [0.15, 0.2) is 5.75 Å². The fraction of sp³-hybridized carbons (Fsp3) is 0. The Morgan fingerprint density at radius 3 is 2.33 bits per heavy atom. The highest BCUT2D eigenvalue weighted by molar-refractivity contribution is 5.19. The molecule has 0 N–H and O–H groups in total. The topological polar surface area (TPSA) is 18.5 Å². The van der Waals surface area contributed by atoms with Gasteiger partial charge in [0.25, 0.3) is 0 Å². The molecular weight excluding hydrogens is 123 g/mol. The van der Waals surface area contributed by atoms with E-state index in [1.807, 2.05) is 0 Å². The quantitative estimate of drug-likeness (QED) is 0.447. The fourth-order valence-electron chi connectivity index (χ4n) is 0.512. The van der Waals surface area contributed by atoms with Crippen molar-refractivity contribution < 1.29 is 14.5 Å². The molecule has 0 saturated heterocycles. The molecule has 1 rings (SSSR count). The lowest BCUT2D eigenvalue weighted by atomic mass is 10.3. The summed E-state index contributed by atoms with van der Waals surface area (Å²) < 4.78 is 11.0. The van der Waals surface area contributed by atoms with Gasteiger partial charge in [0.1, 0.15) is 0 Å². The second-order valence-corrected chi connectivity index (χ2v) is 1.46. The molecule has 0 aliphatic carbocycles. The Labute approximate surface area is 51.7 Å². The number of benzene rings is 1. The molecule has 1 aromatic carbocycles. The van der Waals surface area contributed by atoms with Gasteiger partial charge in [-0.2, -0.15) is 0 Å². The monoisotopic (exact) mass is 128 g/mol. The van der Waals surface area contributed by atoms with E-state index in [1.54, 1.807) is 30.3 Å². The largest absolute Gasteiger partial charge is 0.304 e. The molecular formula is C6H5FO2. The first-order valence-electron chi connectivity index (χ1n) is 2.44. The Bertz CT molecular complexity index is 164. The van der Waals surface area contributed by atoms with Crippen LogP contribution in [0, 0.1) is 0 Å². The molecule has 2 nitrogen and oxygen atoms in total. The molecule has 0 atom stereocenters. The summed E-state index contributed by atoms with van der Waals surface area (Å²) in [5.41, 5.74) is 0. The van der Waals surface area contributed by atoms with Gasteiger partial charge < -0.3 is 4.89 Å². The van der Waals surface area contributed by atoms with Crippen molar-refractivity contribution in [3.8, 4) is 5.75 Å². The smallest absolute Gasteiger partial charge is 0.168 e. The van der Waals surface area contributed by atoms with Crippen LogP contribution < -0.4 is 4.89 Å². The summed E-state index contributed by atoms with van der Waals surface area (Å²) in [6.07, 6.45) is 0. The first kappa shape index (κ1) is 6.04. The summed E-state index contributed by atoms with van der Waals surface area (Å²) in [7, 11) is 0. The number of hydrogen-bond acceptors (Lipinski definition) is 2. The number of para-hydroxylation sites is 1. The first-order valence-corrected chi connectivity index (χ1v) is 2.44. The second-order valence-electron chi connectivity index (χ2n) is 1.46. The molecule has 0 unspecified atom stereocenters. The van der Waals surface area contributed by atoms with Crippen LogP contribution in [-0.2, 0) is 5.09 Å². The van der Waals surface area contributed by atoms with E-state index >= 15 is 0 Å². The van der Waals surface area contributed by atoms with Crippen LogP contribution >= 0.6 is 0 Å². The van der Waals surface area contributed by atoms with Crippen LogP contribution in [0.4, 0.5) is 4.53 Å². The second kappa shape index (κ2) is 3.04. The van der Waals surface area contributed by atoms with E-state index in [0.717, 1.165) is 0 Å². The normalized spacial score (nSPS) is 9.00. The summed E-state index contributed by atoms with van der Waals surface area (Å²) in [6, 6.07) is 8.40. The maximum Gasteiger partial charge on any atom is 0.168 e. The van der Waals surface area contributed by atoms with E-state index in [4.69, 9.17) is 0 Å². The Balaban J connectivity index is 2.61. The van der Waals surface area contributed by atoms with Crippen molar-refractivity contribution in [2.24, 2.45) is 0 Å². The van der Waals surface area contributed by atoms with Gasteiger partial charge in [0, 0.05) is 5.09 Å². The van der Waals surface area contributed by atoms with Crippen LogP contribution in [-0.4, -0.2) is 0 Å². The molecule has 0 amide bonds. The number of hydrogen-bond donors (Lipinski definition) is 0. The SMILES string of the molecule is FOOc1ccccc1. The third-order valence-electron chi connectivity index (χ3n) is 0.871. The van der Waals surface area contributed by atoms with E-state index in [0.29, 0.717) is 5.75 Å². The van der Waals surface area contributed by atoms with E-state index in [9.17, 15) is 4.53 Å². The van der Waals surface area contributed by atoms with E-state index in [2.05, 4.69) is 9.98 Å².